The van der Waals surface area contributed by atoms with Crippen LogP contribution in [0.15, 0.2) is 24.8 Å². The highest BCUT2D eigenvalue weighted by atomic mass is 14.1. The summed E-state index contributed by atoms with van der Waals surface area (Å²) < 4.78 is 0. The van der Waals surface area contributed by atoms with Crippen LogP contribution in [0.2, 0.25) is 0 Å². The van der Waals surface area contributed by atoms with E-state index in [1.54, 1.807) is 0 Å². The predicted molar refractivity (Wildman–Crippen MR) is 89.6 cm³/mol. The minimum atomic E-state index is 0.889. The van der Waals surface area contributed by atoms with Crippen molar-refractivity contribution < 1.29 is 0 Å². The molecular weight excluding hydrogens is 228 g/mol. The molecule has 0 amide bonds. The third kappa shape index (κ3) is 12.3. The molecule has 0 radical (unpaired) electrons. The molecule has 0 aromatic rings. The summed E-state index contributed by atoms with van der Waals surface area (Å²) in [5.41, 5.74) is 1.49. The Hall–Kier alpha value is -0.520. The normalized spacial score (nSPS) is 12.3. The van der Waals surface area contributed by atoms with E-state index in [4.69, 9.17) is 0 Å². The van der Waals surface area contributed by atoms with Crippen molar-refractivity contribution in [2.45, 2.75) is 90.9 Å². The standard InChI is InChI=1S/C19H36/c1-5-8-10-11-12-14-15-18(4)17-19(7-3)16-13-9-6-2/h5,19H,1,4,6-17H2,2-3H3. The molecule has 0 N–H and O–H groups in total. The summed E-state index contributed by atoms with van der Waals surface area (Å²) in [5.74, 6) is 0.889. The fourth-order valence-electron chi connectivity index (χ4n) is 2.66. The van der Waals surface area contributed by atoms with Crippen LogP contribution in [0.5, 0.6) is 0 Å². The second-order valence-corrected chi connectivity index (χ2v) is 5.97. The zero-order valence-corrected chi connectivity index (χ0v) is 13.6. The lowest BCUT2D eigenvalue weighted by molar-refractivity contribution is 0.435. The molecule has 0 bridgehead atoms. The average Bonchev–Trinajstić information content (AvgIpc) is 2.41. The van der Waals surface area contributed by atoms with E-state index in [0.29, 0.717) is 0 Å². The maximum Gasteiger partial charge on any atom is -0.0295 e. The van der Waals surface area contributed by atoms with E-state index in [9.17, 15) is 0 Å². The molecular formula is C19H36. The molecule has 0 nitrogen and oxygen atoms in total. The Morgan fingerprint density at radius 3 is 2.37 bits per heavy atom. The van der Waals surface area contributed by atoms with Gasteiger partial charge in [-0.05, 0) is 38.0 Å². The zero-order chi connectivity index (χ0) is 14.3. The van der Waals surface area contributed by atoms with Crippen LogP contribution in [-0.2, 0) is 0 Å². The van der Waals surface area contributed by atoms with Gasteiger partial charge in [0, 0.05) is 0 Å². The van der Waals surface area contributed by atoms with E-state index >= 15 is 0 Å². The fourth-order valence-corrected chi connectivity index (χ4v) is 2.66. The monoisotopic (exact) mass is 264 g/mol. The summed E-state index contributed by atoms with van der Waals surface area (Å²) in [5, 5.41) is 0. The first-order valence-electron chi connectivity index (χ1n) is 8.52. The molecule has 0 heteroatoms. The first-order valence-corrected chi connectivity index (χ1v) is 8.52. The van der Waals surface area contributed by atoms with Crippen LogP contribution in [0.25, 0.3) is 0 Å². The highest BCUT2D eigenvalue weighted by Gasteiger charge is 2.07. The predicted octanol–water partition coefficient (Wildman–Crippen LogP) is 7.07. The van der Waals surface area contributed by atoms with Crippen molar-refractivity contribution in [2.75, 3.05) is 0 Å². The number of allylic oxidation sites excluding steroid dienone is 2. The molecule has 0 rings (SSSR count). The molecule has 0 fully saturated rings. The Bertz CT molecular complexity index is 214. The Kier molecular flexibility index (Phi) is 13.5. The lowest BCUT2D eigenvalue weighted by Crippen LogP contribution is -2.00. The second kappa shape index (κ2) is 13.9. The van der Waals surface area contributed by atoms with Gasteiger partial charge >= 0.3 is 0 Å². The molecule has 112 valence electrons. The Balaban J connectivity index is 3.55. The van der Waals surface area contributed by atoms with Crippen molar-refractivity contribution in [1.82, 2.24) is 0 Å². The maximum absolute atomic E-state index is 4.29. The highest BCUT2D eigenvalue weighted by Crippen LogP contribution is 2.23. The van der Waals surface area contributed by atoms with Crippen LogP contribution >= 0.6 is 0 Å². The Morgan fingerprint density at radius 2 is 1.74 bits per heavy atom. The molecule has 0 heterocycles. The van der Waals surface area contributed by atoms with Crippen LogP contribution in [0.4, 0.5) is 0 Å². The first-order chi connectivity index (χ1) is 9.24. The van der Waals surface area contributed by atoms with E-state index in [2.05, 4.69) is 27.0 Å². The van der Waals surface area contributed by atoms with E-state index in [1.165, 1.54) is 82.6 Å². The third-order valence-corrected chi connectivity index (χ3v) is 4.06. The second-order valence-electron chi connectivity index (χ2n) is 5.97. The van der Waals surface area contributed by atoms with Crippen LogP contribution in [0.1, 0.15) is 90.9 Å². The summed E-state index contributed by atoms with van der Waals surface area (Å²) in [4.78, 5) is 0. The number of unbranched alkanes of at least 4 members (excludes halogenated alkanes) is 6. The van der Waals surface area contributed by atoms with Crippen molar-refractivity contribution in [2.24, 2.45) is 5.92 Å². The van der Waals surface area contributed by atoms with E-state index in [-0.39, 0.29) is 0 Å². The van der Waals surface area contributed by atoms with Crippen molar-refractivity contribution in [3.63, 3.8) is 0 Å². The minimum absolute atomic E-state index is 0.889. The van der Waals surface area contributed by atoms with Crippen LogP contribution in [-0.4, -0.2) is 0 Å². The van der Waals surface area contributed by atoms with Crippen molar-refractivity contribution in [1.29, 1.82) is 0 Å². The van der Waals surface area contributed by atoms with Gasteiger partial charge in [0.05, 0.1) is 0 Å². The molecule has 1 unspecified atom stereocenters. The van der Waals surface area contributed by atoms with Gasteiger partial charge in [-0.25, -0.2) is 0 Å². The third-order valence-electron chi connectivity index (χ3n) is 4.06. The topological polar surface area (TPSA) is 0 Å². The maximum atomic E-state index is 4.29. The molecule has 0 spiro atoms. The van der Waals surface area contributed by atoms with Gasteiger partial charge < -0.3 is 0 Å². The van der Waals surface area contributed by atoms with Crippen LogP contribution in [0.3, 0.4) is 0 Å². The Morgan fingerprint density at radius 1 is 1.00 bits per heavy atom. The molecule has 0 saturated carbocycles. The zero-order valence-electron chi connectivity index (χ0n) is 13.6. The molecule has 0 aromatic carbocycles. The molecule has 0 saturated heterocycles. The smallest absolute Gasteiger partial charge is 0.0295 e. The molecule has 19 heavy (non-hydrogen) atoms. The van der Waals surface area contributed by atoms with Gasteiger partial charge in [0.15, 0.2) is 0 Å². The summed E-state index contributed by atoms with van der Waals surface area (Å²) in [6, 6.07) is 0. The van der Waals surface area contributed by atoms with E-state index in [1.807, 2.05) is 6.08 Å². The number of rotatable bonds is 14. The van der Waals surface area contributed by atoms with Crippen molar-refractivity contribution >= 4 is 0 Å². The van der Waals surface area contributed by atoms with Crippen molar-refractivity contribution in [3.8, 4) is 0 Å². The quantitative estimate of drug-likeness (QED) is 0.232. The summed E-state index contributed by atoms with van der Waals surface area (Å²) in [6.45, 7) is 12.7. The lowest BCUT2D eigenvalue weighted by Gasteiger charge is -2.16. The highest BCUT2D eigenvalue weighted by molar-refractivity contribution is 4.95. The van der Waals surface area contributed by atoms with Crippen LogP contribution < -0.4 is 0 Å². The summed E-state index contributed by atoms with van der Waals surface area (Å²) in [7, 11) is 0. The first kappa shape index (κ1) is 18.5. The Labute approximate surface area is 122 Å². The van der Waals surface area contributed by atoms with Crippen LogP contribution in [0, 0.1) is 5.92 Å². The summed E-state index contributed by atoms with van der Waals surface area (Å²) >= 11 is 0. The molecule has 1 atom stereocenters. The van der Waals surface area contributed by atoms with Gasteiger partial charge in [-0.15, -0.1) is 6.58 Å². The SMILES string of the molecule is C=CCCCCCCC(=C)CC(CC)CCCCC. The number of hydrogen-bond acceptors (Lipinski definition) is 0. The lowest BCUT2D eigenvalue weighted by atomic mass is 9.90. The van der Waals surface area contributed by atoms with Gasteiger partial charge in [0.25, 0.3) is 0 Å². The largest absolute Gasteiger partial charge is 0.103 e. The van der Waals surface area contributed by atoms with Gasteiger partial charge in [0.2, 0.25) is 0 Å². The molecule has 0 aliphatic heterocycles. The van der Waals surface area contributed by atoms with Gasteiger partial charge in [-0.2, -0.15) is 0 Å². The van der Waals surface area contributed by atoms with E-state index in [0.717, 1.165) is 5.92 Å². The number of hydrogen-bond donors (Lipinski definition) is 0. The molecule has 0 aliphatic carbocycles. The van der Waals surface area contributed by atoms with Crippen molar-refractivity contribution in [3.05, 3.63) is 24.8 Å². The fraction of sp³-hybridized carbons (Fsp3) is 0.789. The van der Waals surface area contributed by atoms with Gasteiger partial charge in [-0.1, -0.05) is 77.0 Å². The van der Waals surface area contributed by atoms with Gasteiger partial charge in [-0.3, -0.25) is 0 Å². The summed E-state index contributed by atoms with van der Waals surface area (Å²) in [6.07, 6.45) is 17.9. The average molecular weight is 264 g/mol. The minimum Gasteiger partial charge on any atom is -0.103 e. The molecule has 0 aromatic heterocycles. The van der Waals surface area contributed by atoms with Gasteiger partial charge in [0.1, 0.15) is 0 Å². The molecule has 0 aliphatic rings. The van der Waals surface area contributed by atoms with E-state index < -0.39 is 0 Å².